The predicted octanol–water partition coefficient (Wildman–Crippen LogP) is 2.17. The van der Waals surface area contributed by atoms with Gasteiger partial charge in [0.15, 0.2) is 0 Å². The minimum absolute atomic E-state index is 0.368. The van der Waals surface area contributed by atoms with Crippen LogP contribution in [0.15, 0.2) is 42.6 Å². The summed E-state index contributed by atoms with van der Waals surface area (Å²) >= 11 is 0. The molecule has 1 aliphatic heterocycles. The van der Waals surface area contributed by atoms with Gasteiger partial charge in [-0.3, -0.25) is 0 Å². The van der Waals surface area contributed by atoms with Gasteiger partial charge in [0.1, 0.15) is 5.60 Å². The predicted molar refractivity (Wildman–Crippen MR) is 78.8 cm³/mol. The molecule has 1 aromatic carbocycles. The van der Waals surface area contributed by atoms with E-state index in [4.69, 9.17) is 0 Å². The van der Waals surface area contributed by atoms with E-state index in [-0.39, 0.29) is 0 Å². The lowest BCUT2D eigenvalue weighted by molar-refractivity contribution is -0.0456. The van der Waals surface area contributed by atoms with Gasteiger partial charge < -0.3 is 10.0 Å². The van der Waals surface area contributed by atoms with Crippen molar-refractivity contribution in [2.75, 3.05) is 13.6 Å². The van der Waals surface area contributed by atoms with E-state index in [1.165, 1.54) is 0 Å². The molecule has 1 aromatic heterocycles. The van der Waals surface area contributed by atoms with E-state index in [2.05, 4.69) is 24.0 Å². The highest BCUT2D eigenvalue weighted by Crippen LogP contribution is 2.35. The normalized spacial score (nSPS) is 27.6. The summed E-state index contributed by atoms with van der Waals surface area (Å²) in [4.78, 5) is 2.29. The third kappa shape index (κ3) is 2.25. The Hall–Kier alpha value is -1.65. The van der Waals surface area contributed by atoms with Gasteiger partial charge in [-0.1, -0.05) is 18.2 Å². The van der Waals surface area contributed by atoms with E-state index in [0.717, 1.165) is 30.8 Å². The molecule has 0 spiro atoms. The van der Waals surface area contributed by atoms with Crippen molar-refractivity contribution in [2.24, 2.45) is 0 Å². The number of piperidine rings is 1. The summed E-state index contributed by atoms with van der Waals surface area (Å²) < 4.78 is 1.86. The standard InChI is InChI=1S/C16H21N3O/c1-13-12-16(20,9-11-18(13)2)15-8-10-17-19(15)14-6-4-3-5-7-14/h3-8,10,13,20H,9,11-12H2,1-2H3. The van der Waals surface area contributed by atoms with Gasteiger partial charge >= 0.3 is 0 Å². The van der Waals surface area contributed by atoms with Crippen molar-refractivity contribution in [2.45, 2.75) is 31.4 Å². The minimum atomic E-state index is -0.793. The molecule has 2 heterocycles. The fourth-order valence-corrected chi connectivity index (χ4v) is 2.99. The average molecular weight is 271 g/mol. The highest BCUT2D eigenvalue weighted by atomic mass is 16.3. The second-order valence-corrected chi connectivity index (χ2v) is 5.78. The van der Waals surface area contributed by atoms with Gasteiger partial charge in [-0.05, 0) is 45.0 Å². The monoisotopic (exact) mass is 271 g/mol. The molecule has 1 saturated heterocycles. The molecule has 0 amide bonds. The second kappa shape index (κ2) is 5.04. The Balaban J connectivity index is 1.98. The van der Waals surface area contributed by atoms with Crippen molar-refractivity contribution in [1.29, 1.82) is 0 Å². The number of nitrogens with zero attached hydrogens (tertiary/aromatic N) is 3. The number of aromatic nitrogens is 2. The van der Waals surface area contributed by atoms with E-state index in [0.29, 0.717) is 6.04 Å². The summed E-state index contributed by atoms with van der Waals surface area (Å²) in [5.74, 6) is 0. The molecular formula is C16H21N3O. The van der Waals surface area contributed by atoms with Gasteiger partial charge in [0.2, 0.25) is 0 Å². The molecule has 2 unspecified atom stereocenters. The summed E-state index contributed by atoms with van der Waals surface area (Å²) in [5, 5.41) is 15.5. The molecular weight excluding hydrogens is 250 g/mol. The summed E-state index contributed by atoms with van der Waals surface area (Å²) in [7, 11) is 2.11. The van der Waals surface area contributed by atoms with E-state index >= 15 is 0 Å². The Morgan fingerprint density at radius 3 is 2.70 bits per heavy atom. The minimum Gasteiger partial charge on any atom is -0.383 e. The Labute approximate surface area is 119 Å². The third-order valence-corrected chi connectivity index (χ3v) is 4.38. The van der Waals surface area contributed by atoms with E-state index < -0.39 is 5.60 Å². The molecule has 0 bridgehead atoms. The van der Waals surface area contributed by atoms with Crippen LogP contribution in [0.5, 0.6) is 0 Å². The number of hydrogen-bond acceptors (Lipinski definition) is 3. The van der Waals surface area contributed by atoms with Crippen molar-refractivity contribution in [1.82, 2.24) is 14.7 Å². The maximum absolute atomic E-state index is 11.1. The molecule has 0 radical (unpaired) electrons. The molecule has 2 atom stereocenters. The lowest BCUT2D eigenvalue weighted by Crippen LogP contribution is -2.46. The van der Waals surface area contributed by atoms with Crippen LogP contribution in [0.2, 0.25) is 0 Å². The summed E-state index contributed by atoms with van der Waals surface area (Å²) in [6.07, 6.45) is 3.25. The molecule has 0 saturated carbocycles. The highest BCUT2D eigenvalue weighted by Gasteiger charge is 2.39. The van der Waals surface area contributed by atoms with Crippen LogP contribution in [0, 0.1) is 0 Å². The molecule has 4 nitrogen and oxygen atoms in total. The van der Waals surface area contributed by atoms with Gasteiger partial charge in [0, 0.05) is 18.8 Å². The number of para-hydroxylation sites is 1. The van der Waals surface area contributed by atoms with Crippen LogP contribution in [-0.4, -0.2) is 39.4 Å². The summed E-state index contributed by atoms with van der Waals surface area (Å²) in [5.41, 5.74) is 1.09. The SMILES string of the molecule is CC1CC(O)(c2ccnn2-c2ccccc2)CCN1C. The molecule has 4 heteroatoms. The number of aliphatic hydroxyl groups is 1. The van der Waals surface area contributed by atoms with Crippen LogP contribution >= 0.6 is 0 Å². The lowest BCUT2D eigenvalue weighted by atomic mass is 9.84. The molecule has 3 rings (SSSR count). The van der Waals surface area contributed by atoms with Crippen LogP contribution in [-0.2, 0) is 5.60 Å². The van der Waals surface area contributed by atoms with Crippen molar-refractivity contribution < 1.29 is 5.11 Å². The smallest absolute Gasteiger partial charge is 0.109 e. The zero-order chi connectivity index (χ0) is 14.2. The number of benzene rings is 1. The van der Waals surface area contributed by atoms with Crippen LogP contribution < -0.4 is 0 Å². The Morgan fingerprint density at radius 2 is 2.00 bits per heavy atom. The topological polar surface area (TPSA) is 41.3 Å². The zero-order valence-electron chi connectivity index (χ0n) is 12.0. The van der Waals surface area contributed by atoms with Crippen molar-refractivity contribution >= 4 is 0 Å². The maximum Gasteiger partial charge on any atom is 0.109 e. The first-order valence-corrected chi connectivity index (χ1v) is 7.13. The first-order valence-electron chi connectivity index (χ1n) is 7.13. The number of likely N-dealkylation sites (tertiary alicyclic amines) is 1. The van der Waals surface area contributed by atoms with Crippen molar-refractivity contribution in [3.63, 3.8) is 0 Å². The van der Waals surface area contributed by atoms with Crippen LogP contribution in [0.3, 0.4) is 0 Å². The maximum atomic E-state index is 11.1. The lowest BCUT2D eigenvalue weighted by Gasteiger charge is -2.41. The number of hydrogen-bond donors (Lipinski definition) is 1. The quantitative estimate of drug-likeness (QED) is 0.910. The van der Waals surface area contributed by atoms with Crippen LogP contribution in [0.1, 0.15) is 25.5 Å². The molecule has 0 aliphatic carbocycles. The summed E-state index contributed by atoms with van der Waals surface area (Å²) in [6.45, 7) is 3.06. The third-order valence-electron chi connectivity index (χ3n) is 4.38. The van der Waals surface area contributed by atoms with Gasteiger partial charge in [-0.2, -0.15) is 5.10 Å². The van der Waals surface area contributed by atoms with Crippen molar-refractivity contribution in [3.05, 3.63) is 48.3 Å². The fraction of sp³-hybridized carbons (Fsp3) is 0.438. The number of rotatable bonds is 2. The van der Waals surface area contributed by atoms with Gasteiger partial charge in [-0.25, -0.2) is 4.68 Å². The van der Waals surface area contributed by atoms with E-state index in [1.54, 1.807) is 6.20 Å². The summed E-state index contributed by atoms with van der Waals surface area (Å²) in [6, 6.07) is 12.3. The molecule has 1 aliphatic rings. The second-order valence-electron chi connectivity index (χ2n) is 5.78. The zero-order valence-corrected chi connectivity index (χ0v) is 12.0. The molecule has 20 heavy (non-hydrogen) atoms. The Bertz CT molecular complexity index is 580. The van der Waals surface area contributed by atoms with Crippen molar-refractivity contribution in [3.8, 4) is 5.69 Å². The highest BCUT2D eigenvalue weighted by molar-refractivity contribution is 5.34. The van der Waals surface area contributed by atoms with Gasteiger partial charge in [0.25, 0.3) is 0 Å². The van der Waals surface area contributed by atoms with Crippen LogP contribution in [0.4, 0.5) is 0 Å². The molecule has 1 fully saturated rings. The Kier molecular flexibility index (Phi) is 3.36. The molecule has 2 aromatic rings. The van der Waals surface area contributed by atoms with E-state index in [1.807, 2.05) is 41.1 Å². The average Bonchev–Trinajstić information content (AvgIpc) is 2.95. The molecule has 106 valence electrons. The fourth-order valence-electron chi connectivity index (χ4n) is 2.99. The largest absolute Gasteiger partial charge is 0.383 e. The molecule has 1 N–H and O–H groups in total. The van der Waals surface area contributed by atoms with Gasteiger partial charge in [0.05, 0.1) is 11.4 Å². The first kappa shape index (κ1) is 13.3. The van der Waals surface area contributed by atoms with Gasteiger partial charge in [-0.15, -0.1) is 0 Å². The van der Waals surface area contributed by atoms with Crippen LogP contribution in [0.25, 0.3) is 5.69 Å². The first-order chi connectivity index (χ1) is 9.60. The van der Waals surface area contributed by atoms with E-state index in [9.17, 15) is 5.11 Å². The Morgan fingerprint density at radius 1 is 1.25 bits per heavy atom.